The van der Waals surface area contributed by atoms with Gasteiger partial charge in [0.1, 0.15) is 11.6 Å². The third-order valence-corrected chi connectivity index (χ3v) is 6.28. The minimum atomic E-state index is -2.74. The number of anilines is 2. The molecule has 2 aliphatic heterocycles. The number of alkyl halides is 2. The molecular weight excluding hydrogens is 412 g/mol. The highest BCUT2D eigenvalue weighted by Crippen LogP contribution is 2.46. The Hall–Kier alpha value is -3.10. The van der Waals surface area contributed by atoms with Gasteiger partial charge in [0.25, 0.3) is 5.92 Å². The second-order valence-corrected chi connectivity index (χ2v) is 8.21. The van der Waals surface area contributed by atoms with Crippen LogP contribution in [0.25, 0.3) is 11.0 Å². The number of aromatic nitrogens is 2. The van der Waals surface area contributed by atoms with Crippen molar-refractivity contribution in [3.63, 3.8) is 0 Å². The molecule has 162 valence electrons. The number of hydrogen-bond acceptors (Lipinski definition) is 3. The number of aromatic amines is 1. The number of nitrogens with zero attached hydrogens (tertiary/aromatic N) is 3. The van der Waals surface area contributed by atoms with Gasteiger partial charge in [-0.15, -0.1) is 0 Å². The molecule has 0 saturated carbocycles. The fourth-order valence-electron chi connectivity index (χ4n) is 4.50. The third-order valence-electron chi connectivity index (χ3n) is 6.28. The smallest absolute Gasteiger partial charge is 0.251 e. The number of piperidine rings is 1. The number of imidazole rings is 1. The molecule has 2 saturated heterocycles. The molecular formula is C22H20F4N4O. The molecule has 2 aromatic carbocycles. The van der Waals surface area contributed by atoms with Crippen LogP contribution in [0.2, 0.25) is 0 Å². The first kappa shape index (κ1) is 19.8. The van der Waals surface area contributed by atoms with E-state index >= 15 is 8.78 Å². The first-order valence-corrected chi connectivity index (χ1v) is 10.1. The van der Waals surface area contributed by atoms with E-state index in [2.05, 4.69) is 9.97 Å². The number of nitrogens with one attached hydrogen (secondary N) is 1. The van der Waals surface area contributed by atoms with E-state index in [-0.39, 0.29) is 43.1 Å². The predicted molar refractivity (Wildman–Crippen MR) is 108 cm³/mol. The summed E-state index contributed by atoms with van der Waals surface area (Å²) in [5.74, 6) is -5.15. The monoisotopic (exact) mass is 432 g/mol. The van der Waals surface area contributed by atoms with E-state index in [1.807, 2.05) is 0 Å². The minimum Gasteiger partial charge on any atom is -0.371 e. The van der Waals surface area contributed by atoms with E-state index in [1.54, 1.807) is 30.0 Å². The number of carbonyl (C=O) groups is 1. The number of carbonyl (C=O) groups excluding carboxylic acids is 1. The molecule has 1 aromatic heterocycles. The van der Waals surface area contributed by atoms with Gasteiger partial charge in [0.05, 0.1) is 29.3 Å². The van der Waals surface area contributed by atoms with Crippen LogP contribution in [0.4, 0.5) is 28.9 Å². The van der Waals surface area contributed by atoms with Gasteiger partial charge in [-0.2, -0.15) is 0 Å². The maximum Gasteiger partial charge on any atom is 0.251 e. The average molecular weight is 432 g/mol. The lowest BCUT2D eigenvalue weighted by molar-refractivity contribution is -0.129. The highest BCUT2D eigenvalue weighted by Gasteiger charge is 2.48. The van der Waals surface area contributed by atoms with E-state index < -0.39 is 29.5 Å². The molecule has 2 aliphatic rings. The lowest BCUT2D eigenvalue weighted by Crippen LogP contribution is -2.54. The molecule has 3 heterocycles. The molecule has 9 heteroatoms. The summed E-state index contributed by atoms with van der Waals surface area (Å²) in [4.78, 5) is 22.6. The SMILES string of the molecule is C[C@@H]1C(=O)N(c2ccc3nc[nH]c3c2)[C@@H]1c1c(F)cc(N2CCC(F)(F)CC2)cc1F. The van der Waals surface area contributed by atoms with Gasteiger partial charge < -0.3 is 14.8 Å². The van der Waals surface area contributed by atoms with Gasteiger partial charge in [-0.25, -0.2) is 22.5 Å². The Balaban J connectivity index is 1.47. The van der Waals surface area contributed by atoms with Gasteiger partial charge >= 0.3 is 0 Å². The maximum absolute atomic E-state index is 15.1. The molecule has 1 N–H and O–H groups in total. The van der Waals surface area contributed by atoms with Crippen molar-refractivity contribution >= 4 is 28.3 Å². The molecule has 0 spiro atoms. The van der Waals surface area contributed by atoms with Crippen LogP contribution in [0, 0.1) is 17.6 Å². The summed E-state index contributed by atoms with van der Waals surface area (Å²) < 4.78 is 57.1. The average Bonchev–Trinajstić information content (AvgIpc) is 3.20. The highest BCUT2D eigenvalue weighted by atomic mass is 19.3. The van der Waals surface area contributed by atoms with Crippen LogP contribution in [0.3, 0.4) is 0 Å². The summed E-state index contributed by atoms with van der Waals surface area (Å²) in [5.41, 5.74) is 1.99. The second-order valence-electron chi connectivity index (χ2n) is 8.21. The van der Waals surface area contributed by atoms with Crippen LogP contribution in [-0.2, 0) is 4.79 Å². The van der Waals surface area contributed by atoms with E-state index in [1.165, 1.54) is 23.4 Å². The first-order chi connectivity index (χ1) is 14.7. The van der Waals surface area contributed by atoms with E-state index in [9.17, 15) is 13.6 Å². The van der Waals surface area contributed by atoms with E-state index in [0.29, 0.717) is 11.2 Å². The number of amides is 1. The van der Waals surface area contributed by atoms with Gasteiger partial charge in [-0.1, -0.05) is 6.92 Å². The quantitative estimate of drug-likeness (QED) is 0.478. The Morgan fingerprint density at radius 2 is 1.74 bits per heavy atom. The van der Waals surface area contributed by atoms with E-state index in [4.69, 9.17) is 0 Å². The third kappa shape index (κ3) is 3.23. The van der Waals surface area contributed by atoms with Crippen LogP contribution in [-0.4, -0.2) is 34.9 Å². The van der Waals surface area contributed by atoms with Gasteiger partial charge in [-0.3, -0.25) is 4.79 Å². The van der Waals surface area contributed by atoms with Crippen molar-refractivity contribution in [2.45, 2.75) is 31.7 Å². The zero-order valence-corrected chi connectivity index (χ0v) is 16.7. The molecule has 2 fully saturated rings. The van der Waals surface area contributed by atoms with Gasteiger partial charge in [0, 0.05) is 42.9 Å². The molecule has 0 unspecified atom stereocenters. The van der Waals surface area contributed by atoms with Gasteiger partial charge in [0.15, 0.2) is 0 Å². The number of H-pyrrole nitrogens is 1. The molecule has 5 rings (SSSR count). The Labute approximate surface area is 175 Å². The van der Waals surface area contributed by atoms with Crippen molar-refractivity contribution < 1.29 is 22.4 Å². The Bertz CT molecular complexity index is 1140. The Morgan fingerprint density at radius 1 is 1.06 bits per heavy atom. The van der Waals surface area contributed by atoms with E-state index in [0.717, 1.165) is 5.52 Å². The van der Waals surface area contributed by atoms with Crippen LogP contribution in [0.5, 0.6) is 0 Å². The van der Waals surface area contributed by atoms with Gasteiger partial charge in [0.2, 0.25) is 5.91 Å². The van der Waals surface area contributed by atoms with Crippen molar-refractivity contribution in [2.24, 2.45) is 5.92 Å². The molecule has 3 aromatic rings. The highest BCUT2D eigenvalue weighted by molar-refractivity contribution is 6.04. The normalized spacial score (nSPS) is 23.3. The fourth-order valence-corrected chi connectivity index (χ4v) is 4.50. The molecule has 1 amide bonds. The number of hydrogen-bond donors (Lipinski definition) is 1. The first-order valence-electron chi connectivity index (χ1n) is 10.1. The largest absolute Gasteiger partial charge is 0.371 e. The predicted octanol–water partition coefficient (Wildman–Crippen LogP) is 4.80. The molecule has 2 atom stereocenters. The fraction of sp³-hybridized carbons (Fsp3) is 0.364. The molecule has 0 aliphatic carbocycles. The summed E-state index contributed by atoms with van der Waals surface area (Å²) in [6, 6.07) is 6.69. The lowest BCUT2D eigenvalue weighted by atomic mass is 9.82. The van der Waals surface area contributed by atoms with Crippen LogP contribution >= 0.6 is 0 Å². The molecule has 0 radical (unpaired) electrons. The summed E-state index contributed by atoms with van der Waals surface area (Å²) >= 11 is 0. The number of benzene rings is 2. The van der Waals surface area contributed by atoms with Crippen molar-refractivity contribution in [2.75, 3.05) is 22.9 Å². The number of halogens is 4. The topological polar surface area (TPSA) is 52.2 Å². The van der Waals surface area contributed by atoms with Gasteiger partial charge in [-0.05, 0) is 30.3 Å². The minimum absolute atomic E-state index is 0.0276. The number of rotatable bonds is 3. The Kier molecular flexibility index (Phi) is 4.46. The standard InChI is InChI=1S/C22H20F4N4O/c1-12-20(30(21(12)31)13-2-3-17-18(10-13)28-11-27-17)19-15(23)8-14(9-16(19)24)29-6-4-22(25,26)5-7-29/h2-3,8-12,20H,4-7H2,1H3,(H,27,28)/t12-,20-/m0/s1. The lowest BCUT2D eigenvalue weighted by Gasteiger charge is -2.46. The van der Waals surface area contributed by atoms with Crippen molar-refractivity contribution in [3.8, 4) is 0 Å². The summed E-state index contributed by atoms with van der Waals surface area (Å²) in [7, 11) is 0. The van der Waals surface area contributed by atoms with Crippen LogP contribution < -0.4 is 9.80 Å². The summed E-state index contributed by atoms with van der Waals surface area (Å²) in [6.45, 7) is 1.69. The Morgan fingerprint density at radius 3 is 2.42 bits per heavy atom. The zero-order valence-electron chi connectivity index (χ0n) is 16.7. The van der Waals surface area contributed by atoms with Crippen LogP contribution in [0.1, 0.15) is 31.4 Å². The van der Waals surface area contributed by atoms with Crippen LogP contribution in [0.15, 0.2) is 36.7 Å². The molecule has 5 nitrogen and oxygen atoms in total. The summed E-state index contributed by atoms with van der Waals surface area (Å²) in [5, 5.41) is 0. The van der Waals surface area contributed by atoms with Crippen molar-refractivity contribution in [1.82, 2.24) is 9.97 Å². The number of β-lactam (4-membered cyclic amide) rings is 1. The summed E-state index contributed by atoms with van der Waals surface area (Å²) in [6.07, 6.45) is 0.826. The van der Waals surface area contributed by atoms with Crippen molar-refractivity contribution in [1.29, 1.82) is 0 Å². The molecule has 0 bridgehead atoms. The maximum atomic E-state index is 15.1. The zero-order chi connectivity index (χ0) is 21.9. The number of fused-ring (bicyclic) bond motifs is 1. The molecule has 31 heavy (non-hydrogen) atoms. The van der Waals surface area contributed by atoms with Crippen molar-refractivity contribution in [3.05, 3.63) is 53.9 Å². The second kappa shape index (κ2) is 6.96.